The fourth-order valence-electron chi connectivity index (χ4n) is 1.90. The molecule has 100 valence electrons. The number of hydrogen-bond acceptors (Lipinski definition) is 3. The minimum atomic E-state index is -0.906. The highest BCUT2D eigenvalue weighted by Crippen LogP contribution is 2.12. The zero-order valence-electron chi connectivity index (χ0n) is 10.7. The number of rotatable bonds is 5. The fourth-order valence-corrected chi connectivity index (χ4v) is 2.88. The molecule has 4 nitrogen and oxygen atoms in total. The van der Waals surface area contributed by atoms with Crippen LogP contribution < -0.4 is 4.57 Å². The highest BCUT2D eigenvalue weighted by atomic mass is 32.1. The van der Waals surface area contributed by atoms with E-state index in [1.54, 1.807) is 23.5 Å². The second-order valence-electron chi connectivity index (χ2n) is 4.34. The van der Waals surface area contributed by atoms with Gasteiger partial charge in [-0.3, -0.25) is 0 Å². The first-order valence-corrected chi connectivity index (χ1v) is 6.89. The normalized spacial score (nSPS) is 10.6. The Kier molecular flexibility index (Phi) is 4.29. The van der Waals surface area contributed by atoms with E-state index in [2.05, 4.69) is 4.57 Å². The molecule has 0 aliphatic carbocycles. The molecule has 19 heavy (non-hydrogen) atoms. The van der Waals surface area contributed by atoms with Gasteiger partial charge in [0.05, 0.1) is 10.4 Å². The largest absolute Gasteiger partial charge is 0.478 e. The number of thiazole rings is 1. The first-order valence-electron chi connectivity index (χ1n) is 6.01. The van der Waals surface area contributed by atoms with E-state index in [9.17, 15) is 4.79 Å². The molecule has 0 saturated carbocycles. The molecule has 5 heteroatoms. The van der Waals surface area contributed by atoms with E-state index in [0.717, 1.165) is 11.3 Å². The Morgan fingerprint density at radius 3 is 2.58 bits per heavy atom. The zero-order chi connectivity index (χ0) is 13.8. The van der Waals surface area contributed by atoms with Gasteiger partial charge in [-0.05, 0) is 12.1 Å². The zero-order valence-corrected chi connectivity index (χ0v) is 11.5. The highest BCUT2D eigenvalue weighted by Gasteiger charge is 2.15. The molecule has 0 aliphatic rings. The SMILES string of the molecule is Cc1c(CCO)sc[n+]1Cc1ccc(C(=O)O)cc1. The van der Waals surface area contributed by atoms with Crippen molar-refractivity contribution in [1.29, 1.82) is 0 Å². The van der Waals surface area contributed by atoms with Crippen molar-refractivity contribution in [3.63, 3.8) is 0 Å². The molecular formula is C14H16NO3S+. The van der Waals surface area contributed by atoms with E-state index in [4.69, 9.17) is 10.2 Å². The molecule has 0 bridgehead atoms. The van der Waals surface area contributed by atoms with Gasteiger partial charge in [0.2, 0.25) is 5.51 Å². The summed E-state index contributed by atoms with van der Waals surface area (Å²) in [7, 11) is 0. The summed E-state index contributed by atoms with van der Waals surface area (Å²) in [6.07, 6.45) is 0.682. The van der Waals surface area contributed by atoms with E-state index in [0.29, 0.717) is 18.5 Å². The number of nitrogens with zero attached hydrogens (tertiary/aromatic N) is 1. The Morgan fingerprint density at radius 2 is 2.00 bits per heavy atom. The first kappa shape index (κ1) is 13.7. The molecule has 1 heterocycles. The van der Waals surface area contributed by atoms with Crippen molar-refractivity contribution in [1.82, 2.24) is 0 Å². The van der Waals surface area contributed by atoms with Crippen LogP contribution in [0.25, 0.3) is 0 Å². The van der Waals surface area contributed by atoms with Crippen molar-refractivity contribution >= 4 is 17.3 Å². The van der Waals surface area contributed by atoms with E-state index < -0.39 is 5.97 Å². The maximum atomic E-state index is 10.8. The Balaban J connectivity index is 2.14. The van der Waals surface area contributed by atoms with Crippen LogP contribution in [0.15, 0.2) is 29.8 Å². The van der Waals surface area contributed by atoms with Crippen molar-refractivity contribution in [2.24, 2.45) is 0 Å². The molecule has 0 amide bonds. The number of aromatic nitrogens is 1. The van der Waals surface area contributed by atoms with Crippen molar-refractivity contribution in [3.8, 4) is 0 Å². The fraction of sp³-hybridized carbons (Fsp3) is 0.286. The van der Waals surface area contributed by atoms with Crippen LogP contribution in [0.5, 0.6) is 0 Å². The monoisotopic (exact) mass is 278 g/mol. The molecule has 2 rings (SSSR count). The van der Waals surface area contributed by atoms with Crippen LogP contribution in [0.1, 0.15) is 26.5 Å². The van der Waals surface area contributed by atoms with E-state index in [-0.39, 0.29) is 6.61 Å². The summed E-state index contributed by atoms with van der Waals surface area (Å²) >= 11 is 1.64. The lowest BCUT2D eigenvalue weighted by atomic mass is 10.1. The number of carboxylic acids is 1. The maximum Gasteiger partial charge on any atom is 0.335 e. The van der Waals surface area contributed by atoms with E-state index in [1.165, 1.54) is 4.88 Å². The predicted octanol–water partition coefficient (Wildman–Crippen LogP) is 1.63. The molecule has 0 radical (unpaired) electrons. The minimum absolute atomic E-state index is 0.161. The predicted molar refractivity (Wildman–Crippen MR) is 72.5 cm³/mol. The summed E-state index contributed by atoms with van der Waals surface area (Å²) in [5.41, 5.74) is 4.55. The van der Waals surface area contributed by atoms with Crippen molar-refractivity contribution < 1.29 is 19.6 Å². The van der Waals surface area contributed by atoms with Gasteiger partial charge in [-0.15, -0.1) is 0 Å². The van der Waals surface area contributed by atoms with E-state index in [1.807, 2.05) is 24.6 Å². The van der Waals surface area contributed by atoms with E-state index >= 15 is 0 Å². The Hall–Kier alpha value is -1.72. The molecule has 0 atom stereocenters. The molecule has 0 unspecified atom stereocenters. The summed E-state index contributed by atoms with van der Waals surface area (Å²) in [5, 5.41) is 17.8. The summed E-state index contributed by atoms with van der Waals surface area (Å²) in [6.45, 7) is 2.91. The topological polar surface area (TPSA) is 61.4 Å². The van der Waals surface area contributed by atoms with Crippen LogP contribution in [-0.4, -0.2) is 22.8 Å². The maximum absolute atomic E-state index is 10.8. The van der Waals surface area contributed by atoms with Crippen LogP contribution in [0, 0.1) is 6.92 Å². The number of carboxylic acid groups (broad SMARTS) is 1. The second-order valence-corrected chi connectivity index (χ2v) is 5.27. The van der Waals surface area contributed by atoms with Gasteiger partial charge < -0.3 is 10.2 Å². The van der Waals surface area contributed by atoms with Gasteiger partial charge in [0.15, 0.2) is 12.2 Å². The van der Waals surface area contributed by atoms with Gasteiger partial charge in [0.1, 0.15) is 0 Å². The van der Waals surface area contributed by atoms with Crippen LogP contribution in [0.2, 0.25) is 0 Å². The Bertz CT molecular complexity index is 575. The number of aliphatic hydroxyl groups excluding tert-OH is 1. The number of aromatic carboxylic acids is 1. The van der Waals surface area contributed by atoms with Crippen molar-refractivity contribution in [2.45, 2.75) is 19.9 Å². The average molecular weight is 278 g/mol. The number of aliphatic hydroxyl groups is 1. The molecule has 2 aromatic rings. The lowest BCUT2D eigenvalue weighted by molar-refractivity contribution is -0.689. The second kappa shape index (κ2) is 5.95. The molecule has 2 N–H and O–H groups in total. The molecule has 1 aromatic heterocycles. The summed E-state index contributed by atoms with van der Waals surface area (Å²) in [4.78, 5) is 12.0. The third kappa shape index (κ3) is 3.19. The van der Waals surface area contributed by atoms with Gasteiger partial charge >= 0.3 is 5.97 Å². The van der Waals surface area contributed by atoms with Crippen LogP contribution >= 0.6 is 11.3 Å². The van der Waals surface area contributed by atoms with Crippen LogP contribution in [0.4, 0.5) is 0 Å². The average Bonchev–Trinajstić information content (AvgIpc) is 2.73. The number of carbonyl (C=O) groups is 1. The van der Waals surface area contributed by atoms with Gasteiger partial charge in [0, 0.05) is 25.5 Å². The van der Waals surface area contributed by atoms with Gasteiger partial charge in [-0.25, -0.2) is 4.79 Å². The van der Waals surface area contributed by atoms with Crippen molar-refractivity contribution in [2.75, 3.05) is 6.61 Å². The van der Waals surface area contributed by atoms with Gasteiger partial charge in [0.25, 0.3) is 0 Å². The Labute approximate surface area is 115 Å². The third-order valence-corrected chi connectivity index (χ3v) is 4.19. The standard InChI is InChI=1S/C14H15NO3S/c1-10-13(6-7-16)19-9-15(10)8-11-2-4-12(5-3-11)14(17)18/h2-5,9,16H,6-8H2,1H3/p+1. The minimum Gasteiger partial charge on any atom is -0.478 e. The molecule has 0 fully saturated rings. The highest BCUT2D eigenvalue weighted by molar-refractivity contribution is 7.09. The number of hydrogen-bond donors (Lipinski definition) is 2. The number of benzene rings is 1. The molecular weight excluding hydrogens is 262 g/mol. The summed E-state index contributed by atoms with van der Waals surface area (Å²) in [5.74, 6) is -0.906. The van der Waals surface area contributed by atoms with Gasteiger partial charge in [-0.1, -0.05) is 23.5 Å². The van der Waals surface area contributed by atoms with Crippen LogP contribution in [0.3, 0.4) is 0 Å². The lowest BCUT2D eigenvalue weighted by Gasteiger charge is -1.99. The smallest absolute Gasteiger partial charge is 0.335 e. The van der Waals surface area contributed by atoms with Gasteiger partial charge in [-0.2, -0.15) is 4.57 Å². The summed E-state index contributed by atoms with van der Waals surface area (Å²) < 4.78 is 2.12. The lowest BCUT2D eigenvalue weighted by Crippen LogP contribution is -2.35. The summed E-state index contributed by atoms with van der Waals surface area (Å²) in [6, 6.07) is 6.90. The first-order chi connectivity index (χ1) is 9.11. The Morgan fingerprint density at radius 1 is 1.32 bits per heavy atom. The quantitative estimate of drug-likeness (QED) is 0.817. The third-order valence-electron chi connectivity index (χ3n) is 3.05. The molecule has 0 saturated heterocycles. The molecule has 0 aliphatic heterocycles. The van der Waals surface area contributed by atoms with Crippen LogP contribution in [-0.2, 0) is 13.0 Å². The molecule has 0 spiro atoms. The van der Waals surface area contributed by atoms with Crippen molar-refractivity contribution in [3.05, 3.63) is 51.5 Å². The molecule has 1 aromatic carbocycles.